The third kappa shape index (κ3) is 1.96. The minimum atomic E-state index is 0.0757. The van der Waals surface area contributed by atoms with Crippen LogP contribution in [0.4, 0.5) is 0 Å². The molecule has 5 nitrogen and oxygen atoms in total. The van der Waals surface area contributed by atoms with Crippen molar-refractivity contribution in [3.05, 3.63) is 23.8 Å². The maximum absolute atomic E-state index is 12.3. The fourth-order valence-electron chi connectivity index (χ4n) is 2.31. The number of fused-ring (bicyclic) bond motifs is 1. The van der Waals surface area contributed by atoms with Crippen molar-refractivity contribution in [3.63, 3.8) is 0 Å². The van der Waals surface area contributed by atoms with Crippen LogP contribution >= 0.6 is 0 Å². The van der Waals surface area contributed by atoms with E-state index in [0.717, 1.165) is 31.8 Å². The molecule has 0 aliphatic carbocycles. The summed E-state index contributed by atoms with van der Waals surface area (Å²) in [6.07, 6.45) is 2.17. The first kappa shape index (κ1) is 11.2. The smallest absolute Gasteiger partial charge is 0.253 e. The van der Waals surface area contributed by atoms with E-state index in [1.807, 2.05) is 4.90 Å². The number of amides is 1. The molecule has 2 aromatic rings. The number of piperidine rings is 1. The van der Waals surface area contributed by atoms with Crippen LogP contribution in [0.25, 0.3) is 11.0 Å². The summed E-state index contributed by atoms with van der Waals surface area (Å²) in [7, 11) is 0. The summed E-state index contributed by atoms with van der Waals surface area (Å²) in [4.78, 5) is 14.2. The molecule has 18 heavy (non-hydrogen) atoms. The lowest BCUT2D eigenvalue weighted by Crippen LogP contribution is -2.37. The van der Waals surface area contributed by atoms with Gasteiger partial charge in [0.15, 0.2) is 0 Å². The first-order valence-electron chi connectivity index (χ1n) is 6.25. The normalized spacial score (nSPS) is 17.3. The molecule has 1 aliphatic heterocycles. The average molecular weight is 245 g/mol. The first-order chi connectivity index (χ1) is 8.74. The maximum Gasteiger partial charge on any atom is 0.253 e. The van der Waals surface area contributed by atoms with Gasteiger partial charge in [0, 0.05) is 18.7 Å². The second-order valence-electron chi connectivity index (χ2n) is 4.94. The number of nitrogens with zero attached hydrogens (tertiary/aromatic N) is 3. The highest BCUT2D eigenvalue weighted by Gasteiger charge is 2.21. The number of carbonyl (C=O) groups excluding carboxylic acids is 1. The van der Waals surface area contributed by atoms with Crippen LogP contribution < -0.4 is 0 Å². The Morgan fingerprint density at radius 1 is 1.28 bits per heavy atom. The third-order valence-corrected chi connectivity index (χ3v) is 3.57. The Kier molecular flexibility index (Phi) is 2.74. The number of likely N-dealkylation sites (tertiary alicyclic amines) is 1. The Labute approximate surface area is 105 Å². The second kappa shape index (κ2) is 4.40. The predicted molar refractivity (Wildman–Crippen MR) is 66.1 cm³/mol. The molecule has 3 rings (SSSR count). The van der Waals surface area contributed by atoms with Gasteiger partial charge in [-0.25, -0.2) is 4.63 Å². The van der Waals surface area contributed by atoms with Gasteiger partial charge in [0.05, 0.1) is 0 Å². The summed E-state index contributed by atoms with van der Waals surface area (Å²) in [5.41, 5.74) is 1.97. The van der Waals surface area contributed by atoms with Crippen molar-refractivity contribution in [2.45, 2.75) is 19.8 Å². The molecule has 0 atom stereocenters. The minimum Gasteiger partial charge on any atom is -0.339 e. The van der Waals surface area contributed by atoms with Crippen LogP contribution in [0, 0.1) is 5.92 Å². The van der Waals surface area contributed by atoms with Crippen LogP contribution in [0.2, 0.25) is 0 Å². The monoisotopic (exact) mass is 245 g/mol. The standard InChI is InChI=1S/C13H15N3O2/c1-9-4-6-16(7-5-9)13(17)10-2-3-11-12(8-10)15-18-14-11/h2-3,8-9H,4-7H2,1H3. The number of rotatable bonds is 1. The van der Waals surface area contributed by atoms with E-state index in [0.29, 0.717) is 16.6 Å². The van der Waals surface area contributed by atoms with E-state index in [9.17, 15) is 4.79 Å². The zero-order valence-electron chi connectivity index (χ0n) is 10.3. The Morgan fingerprint density at radius 3 is 2.78 bits per heavy atom. The molecule has 0 saturated carbocycles. The number of benzene rings is 1. The number of hydrogen-bond acceptors (Lipinski definition) is 4. The second-order valence-corrected chi connectivity index (χ2v) is 4.94. The molecule has 1 aromatic carbocycles. The summed E-state index contributed by atoms with van der Waals surface area (Å²) in [5.74, 6) is 0.795. The molecule has 0 spiro atoms. The summed E-state index contributed by atoms with van der Waals surface area (Å²) < 4.78 is 4.63. The van der Waals surface area contributed by atoms with E-state index in [2.05, 4.69) is 21.9 Å². The SMILES string of the molecule is CC1CCN(C(=O)c2ccc3nonc3c2)CC1. The van der Waals surface area contributed by atoms with Gasteiger partial charge in [-0.15, -0.1) is 0 Å². The average Bonchev–Trinajstić information content (AvgIpc) is 2.86. The lowest BCUT2D eigenvalue weighted by Gasteiger charge is -2.30. The van der Waals surface area contributed by atoms with E-state index in [1.165, 1.54) is 0 Å². The molecule has 1 amide bonds. The molecule has 1 fully saturated rings. The summed E-state index contributed by atoms with van der Waals surface area (Å²) in [6.45, 7) is 3.92. The van der Waals surface area contributed by atoms with Crippen LogP contribution in [0.5, 0.6) is 0 Å². The quantitative estimate of drug-likeness (QED) is 0.772. The van der Waals surface area contributed by atoms with Crippen molar-refractivity contribution >= 4 is 16.9 Å². The van der Waals surface area contributed by atoms with Gasteiger partial charge in [-0.2, -0.15) is 0 Å². The van der Waals surface area contributed by atoms with Gasteiger partial charge in [-0.05, 0) is 47.3 Å². The Hall–Kier alpha value is -1.91. The molecule has 0 radical (unpaired) electrons. The van der Waals surface area contributed by atoms with Crippen molar-refractivity contribution in [2.75, 3.05) is 13.1 Å². The molecule has 1 aliphatic rings. The fourth-order valence-corrected chi connectivity index (χ4v) is 2.31. The van der Waals surface area contributed by atoms with Crippen molar-refractivity contribution in [1.82, 2.24) is 15.2 Å². The summed E-state index contributed by atoms with van der Waals surface area (Å²) in [5, 5.41) is 7.49. The highest BCUT2D eigenvalue weighted by molar-refractivity contribution is 5.97. The molecular formula is C13H15N3O2. The van der Waals surface area contributed by atoms with Crippen LogP contribution in [0.3, 0.4) is 0 Å². The van der Waals surface area contributed by atoms with Crippen LogP contribution in [-0.2, 0) is 0 Å². The molecular weight excluding hydrogens is 230 g/mol. The molecule has 0 N–H and O–H groups in total. The van der Waals surface area contributed by atoms with Crippen molar-refractivity contribution in [3.8, 4) is 0 Å². The molecule has 5 heteroatoms. The van der Waals surface area contributed by atoms with Gasteiger partial charge in [0.2, 0.25) is 0 Å². The first-order valence-corrected chi connectivity index (χ1v) is 6.25. The van der Waals surface area contributed by atoms with Crippen LogP contribution in [-0.4, -0.2) is 34.2 Å². The third-order valence-electron chi connectivity index (χ3n) is 3.57. The maximum atomic E-state index is 12.3. The van der Waals surface area contributed by atoms with E-state index in [4.69, 9.17) is 0 Å². The highest BCUT2D eigenvalue weighted by atomic mass is 16.6. The van der Waals surface area contributed by atoms with Gasteiger partial charge >= 0.3 is 0 Å². The van der Waals surface area contributed by atoms with E-state index >= 15 is 0 Å². The van der Waals surface area contributed by atoms with Crippen molar-refractivity contribution < 1.29 is 9.42 Å². The lowest BCUT2D eigenvalue weighted by molar-refractivity contribution is 0.0697. The van der Waals surface area contributed by atoms with Gasteiger partial charge in [-0.1, -0.05) is 6.92 Å². The minimum absolute atomic E-state index is 0.0757. The highest BCUT2D eigenvalue weighted by Crippen LogP contribution is 2.19. The predicted octanol–water partition coefficient (Wildman–Crippen LogP) is 2.09. The van der Waals surface area contributed by atoms with E-state index in [1.54, 1.807) is 18.2 Å². The van der Waals surface area contributed by atoms with Gasteiger partial charge in [-0.3, -0.25) is 4.79 Å². The number of hydrogen-bond donors (Lipinski definition) is 0. The summed E-state index contributed by atoms with van der Waals surface area (Å²) in [6, 6.07) is 5.30. The van der Waals surface area contributed by atoms with Gasteiger partial charge < -0.3 is 4.90 Å². The Morgan fingerprint density at radius 2 is 2.00 bits per heavy atom. The van der Waals surface area contributed by atoms with E-state index < -0.39 is 0 Å². The number of carbonyl (C=O) groups is 1. The van der Waals surface area contributed by atoms with Crippen molar-refractivity contribution in [2.24, 2.45) is 5.92 Å². The fraction of sp³-hybridized carbons (Fsp3) is 0.462. The summed E-state index contributed by atoms with van der Waals surface area (Å²) >= 11 is 0. The zero-order chi connectivity index (χ0) is 12.5. The zero-order valence-corrected chi connectivity index (χ0v) is 10.3. The van der Waals surface area contributed by atoms with Crippen LogP contribution in [0.15, 0.2) is 22.8 Å². The molecule has 1 aromatic heterocycles. The number of aromatic nitrogens is 2. The molecule has 0 unspecified atom stereocenters. The topological polar surface area (TPSA) is 59.2 Å². The van der Waals surface area contributed by atoms with Crippen molar-refractivity contribution in [1.29, 1.82) is 0 Å². The largest absolute Gasteiger partial charge is 0.339 e. The van der Waals surface area contributed by atoms with E-state index in [-0.39, 0.29) is 5.91 Å². The Bertz CT molecular complexity index is 570. The molecule has 1 saturated heterocycles. The lowest BCUT2D eigenvalue weighted by atomic mass is 9.98. The van der Waals surface area contributed by atoms with Crippen LogP contribution in [0.1, 0.15) is 30.1 Å². The molecule has 0 bridgehead atoms. The molecule has 94 valence electrons. The van der Waals surface area contributed by atoms with Gasteiger partial charge in [0.25, 0.3) is 5.91 Å². The van der Waals surface area contributed by atoms with Gasteiger partial charge in [0.1, 0.15) is 11.0 Å². The molecule has 2 heterocycles. The Balaban J connectivity index is 1.82.